The highest BCUT2D eigenvalue weighted by molar-refractivity contribution is 9.10. The van der Waals surface area contributed by atoms with Crippen LogP contribution in [0.15, 0.2) is 33.3 Å². The number of halogens is 1. The van der Waals surface area contributed by atoms with E-state index < -0.39 is 0 Å². The number of benzene rings is 1. The fourth-order valence-corrected chi connectivity index (χ4v) is 2.66. The molecule has 6 heteroatoms. The molecule has 0 bridgehead atoms. The van der Waals surface area contributed by atoms with Crippen molar-refractivity contribution in [2.24, 2.45) is 0 Å². The van der Waals surface area contributed by atoms with E-state index >= 15 is 0 Å². The molecule has 2 aromatic rings. The van der Waals surface area contributed by atoms with E-state index in [0.717, 1.165) is 10.0 Å². The Hall–Kier alpha value is -1.24. The number of nitrogens with one attached hydrogen (secondary N) is 1. The number of aliphatic hydroxyl groups excluding tert-OH is 1. The molecule has 2 N–H and O–H groups in total. The Morgan fingerprint density at radius 2 is 2.37 bits per heavy atom. The molecule has 1 aliphatic rings. The molecule has 19 heavy (non-hydrogen) atoms. The Morgan fingerprint density at radius 1 is 1.47 bits per heavy atom. The van der Waals surface area contributed by atoms with Crippen molar-refractivity contribution < 1.29 is 9.63 Å². The van der Waals surface area contributed by atoms with Crippen molar-refractivity contribution in [1.29, 1.82) is 0 Å². The normalized spacial score (nSPS) is 22.8. The summed E-state index contributed by atoms with van der Waals surface area (Å²) in [6.07, 6.45) is 0.932. The Balaban J connectivity index is 1.71. The van der Waals surface area contributed by atoms with Crippen molar-refractivity contribution in [1.82, 2.24) is 15.5 Å². The molecule has 1 unspecified atom stereocenters. The summed E-state index contributed by atoms with van der Waals surface area (Å²) >= 11 is 3.44. The van der Waals surface area contributed by atoms with E-state index in [9.17, 15) is 5.11 Å². The second-order valence-electron chi connectivity index (χ2n) is 4.71. The highest BCUT2D eigenvalue weighted by Gasteiger charge is 2.27. The number of hydrogen-bond acceptors (Lipinski definition) is 5. The van der Waals surface area contributed by atoms with E-state index in [1.165, 1.54) is 0 Å². The minimum Gasteiger partial charge on any atom is -0.392 e. The standard InChI is InChI=1S/C13H14BrN3O2/c14-9-3-1-2-8(4-9)5-12-16-13(19-17-12)11-6-10(18)7-15-11/h1-4,10-11,15,18H,5-7H2/t10?,11-/m0/s1. The lowest BCUT2D eigenvalue weighted by Crippen LogP contribution is -2.15. The van der Waals surface area contributed by atoms with Crippen LogP contribution in [0.2, 0.25) is 0 Å². The first-order chi connectivity index (χ1) is 9.20. The van der Waals surface area contributed by atoms with Crippen molar-refractivity contribution >= 4 is 15.9 Å². The molecular weight excluding hydrogens is 310 g/mol. The first-order valence-electron chi connectivity index (χ1n) is 6.19. The van der Waals surface area contributed by atoms with Gasteiger partial charge in [-0.05, 0) is 24.1 Å². The number of nitrogens with zero attached hydrogens (tertiary/aromatic N) is 2. The monoisotopic (exact) mass is 323 g/mol. The second-order valence-corrected chi connectivity index (χ2v) is 5.62. The number of aliphatic hydroxyl groups is 1. The van der Waals surface area contributed by atoms with Gasteiger partial charge >= 0.3 is 0 Å². The van der Waals surface area contributed by atoms with E-state index in [1.54, 1.807) is 0 Å². The topological polar surface area (TPSA) is 71.2 Å². The molecule has 0 saturated carbocycles. The van der Waals surface area contributed by atoms with Crippen molar-refractivity contribution in [3.8, 4) is 0 Å². The average molecular weight is 324 g/mol. The molecule has 1 aromatic carbocycles. The molecule has 1 aromatic heterocycles. The SMILES string of the molecule is OC1CN[C@H](c2nc(Cc3cccc(Br)c3)no2)C1. The summed E-state index contributed by atoms with van der Waals surface area (Å²) in [5.74, 6) is 1.22. The minimum atomic E-state index is -0.328. The highest BCUT2D eigenvalue weighted by Crippen LogP contribution is 2.22. The molecule has 2 heterocycles. The predicted molar refractivity (Wildman–Crippen MR) is 72.6 cm³/mol. The van der Waals surface area contributed by atoms with Crippen molar-refractivity contribution in [3.05, 3.63) is 46.0 Å². The van der Waals surface area contributed by atoms with E-state index in [2.05, 4.69) is 31.4 Å². The molecule has 0 spiro atoms. The molecule has 100 valence electrons. The lowest BCUT2D eigenvalue weighted by atomic mass is 10.1. The largest absolute Gasteiger partial charge is 0.392 e. The van der Waals surface area contributed by atoms with Gasteiger partial charge in [0, 0.05) is 17.4 Å². The first-order valence-corrected chi connectivity index (χ1v) is 6.98. The second kappa shape index (κ2) is 5.40. The Bertz CT molecular complexity index is 573. The summed E-state index contributed by atoms with van der Waals surface area (Å²) < 4.78 is 6.29. The molecule has 0 aliphatic carbocycles. The zero-order chi connectivity index (χ0) is 13.2. The van der Waals surface area contributed by atoms with Gasteiger partial charge in [-0.25, -0.2) is 0 Å². The van der Waals surface area contributed by atoms with Crippen LogP contribution in [0.3, 0.4) is 0 Å². The fourth-order valence-electron chi connectivity index (χ4n) is 2.22. The Kier molecular flexibility index (Phi) is 3.63. The van der Waals surface area contributed by atoms with Gasteiger partial charge in [-0.3, -0.25) is 0 Å². The summed E-state index contributed by atoms with van der Waals surface area (Å²) in [7, 11) is 0. The smallest absolute Gasteiger partial charge is 0.243 e. The maximum atomic E-state index is 9.48. The third-order valence-electron chi connectivity index (χ3n) is 3.14. The van der Waals surface area contributed by atoms with Gasteiger partial charge in [0.1, 0.15) is 0 Å². The summed E-state index contributed by atoms with van der Waals surface area (Å²) in [6, 6.07) is 8.00. The quantitative estimate of drug-likeness (QED) is 0.901. The summed E-state index contributed by atoms with van der Waals surface area (Å²) in [5, 5.41) is 16.6. The van der Waals surface area contributed by atoms with Crippen LogP contribution in [0.25, 0.3) is 0 Å². The van der Waals surface area contributed by atoms with Crippen LogP contribution in [0, 0.1) is 0 Å². The fraction of sp³-hybridized carbons (Fsp3) is 0.385. The molecule has 0 radical (unpaired) electrons. The average Bonchev–Trinajstić information content (AvgIpc) is 2.98. The maximum Gasteiger partial charge on any atom is 0.243 e. The van der Waals surface area contributed by atoms with Gasteiger partial charge in [0.2, 0.25) is 5.89 Å². The van der Waals surface area contributed by atoms with Crippen molar-refractivity contribution in [2.45, 2.75) is 25.0 Å². The van der Waals surface area contributed by atoms with Gasteiger partial charge in [-0.15, -0.1) is 0 Å². The Labute approximate surface area is 119 Å². The number of β-amino-alcohol motifs (C(OH)–C–C–N with tert-alkyl or cyclic N) is 1. The first kappa shape index (κ1) is 12.8. The van der Waals surface area contributed by atoms with Crippen LogP contribution >= 0.6 is 15.9 Å². The van der Waals surface area contributed by atoms with Crippen molar-refractivity contribution in [2.75, 3.05) is 6.54 Å². The van der Waals surface area contributed by atoms with Gasteiger partial charge in [-0.1, -0.05) is 33.2 Å². The predicted octanol–water partition coefficient (Wildman–Crippen LogP) is 1.82. The summed E-state index contributed by atoms with van der Waals surface area (Å²) in [5.41, 5.74) is 1.13. The van der Waals surface area contributed by atoms with Gasteiger partial charge < -0.3 is 14.9 Å². The van der Waals surface area contributed by atoms with Crippen LogP contribution in [-0.2, 0) is 6.42 Å². The minimum absolute atomic E-state index is 0.0289. The summed E-state index contributed by atoms with van der Waals surface area (Å²) in [4.78, 5) is 4.38. The number of hydrogen-bond donors (Lipinski definition) is 2. The van der Waals surface area contributed by atoms with Gasteiger partial charge in [-0.2, -0.15) is 4.98 Å². The third-order valence-corrected chi connectivity index (χ3v) is 3.63. The number of rotatable bonds is 3. The highest BCUT2D eigenvalue weighted by atomic mass is 79.9. The lowest BCUT2D eigenvalue weighted by molar-refractivity contribution is 0.191. The van der Waals surface area contributed by atoms with Crippen LogP contribution in [0.5, 0.6) is 0 Å². The van der Waals surface area contributed by atoms with Crippen molar-refractivity contribution in [3.63, 3.8) is 0 Å². The van der Waals surface area contributed by atoms with Crippen LogP contribution in [0.4, 0.5) is 0 Å². The molecule has 1 saturated heterocycles. The van der Waals surface area contributed by atoms with Gasteiger partial charge in [0.15, 0.2) is 5.82 Å². The Morgan fingerprint density at radius 3 is 3.11 bits per heavy atom. The molecule has 5 nitrogen and oxygen atoms in total. The molecule has 0 amide bonds. The van der Waals surface area contributed by atoms with E-state index in [4.69, 9.17) is 4.52 Å². The summed E-state index contributed by atoms with van der Waals surface area (Å²) in [6.45, 7) is 0.577. The molecular formula is C13H14BrN3O2. The van der Waals surface area contributed by atoms with Crippen LogP contribution in [0.1, 0.15) is 29.7 Å². The van der Waals surface area contributed by atoms with E-state index in [1.807, 2.05) is 24.3 Å². The maximum absolute atomic E-state index is 9.48. The zero-order valence-corrected chi connectivity index (χ0v) is 11.8. The van der Waals surface area contributed by atoms with Crippen LogP contribution in [-0.4, -0.2) is 27.9 Å². The molecule has 2 atom stereocenters. The molecule has 1 fully saturated rings. The third kappa shape index (κ3) is 3.02. The number of aromatic nitrogens is 2. The van der Waals surface area contributed by atoms with Gasteiger partial charge in [0.05, 0.1) is 12.1 Å². The van der Waals surface area contributed by atoms with E-state index in [-0.39, 0.29) is 12.1 Å². The lowest BCUT2D eigenvalue weighted by Gasteiger charge is -2.01. The molecule has 3 rings (SSSR count). The zero-order valence-electron chi connectivity index (χ0n) is 10.2. The van der Waals surface area contributed by atoms with Gasteiger partial charge in [0.25, 0.3) is 0 Å². The molecule has 1 aliphatic heterocycles. The van der Waals surface area contributed by atoms with Crippen LogP contribution < -0.4 is 5.32 Å². The van der Waals surface area contributed by atoms with E-state index in [0.29, 0.717) is 31.1 Å².